The molecule has 1 aliphatic heterocycles. The van der Waals surface area contributed by atoms with Crippen LogP contribution in [0.4, 0.5) is 11.4 Å². The van der Waals surface area contributed by atoms with E-state index in [1.54, 1.807) is 16.8 Å². The molecule has 3 aromatic rings. The molecule has 4 aliphatic rings. The van der Waals surface area contributed by atoms with Crippen molar-refractivity contribution in [2.45, 2.75) is 12.8 Å². The summed E-state index contributed by atoms with van der Waals surface area (Å²) in [5, 5.41) is 3.54. The normalized spacial score (nSPS) is 18.2. The molecule has 0 aromatic carbocycles. The second-order valence-electron chi connectivity index (χ2n) is 8.27. The van der Waals surface area contributed by atoms with E-state index in [0.29, 0.717) is 16.7 Å². The van der Waals surface area contributed by atoms with E-state index in [0.717, 1.165) is 37.3 Å². The van der Waals surface area contributed by atoms with Crippen molar-refractivity contribution in [3.05, 3.63) is 105 Å². The standard InChI is InChI=1S/C26H15N3O2STe/c30-23-18(24(31)20-13-32-12-19(20)23)9-14-7-15-10-17(11-16(15)8-14)29-21-3-1-5-27-25(21)33-26-22(29)4-2-6-28-26/h1-7,9,11-13H,8,10H2. The molecule has 0 saturated heterocycles. The molecule has 0 spiro atoms. The van der Waals surface area contributed by atoms with Crippen molar-refractivity contribution < 1.29 is 9.59 Å². The van der Waals surface area contributed by atoms with E-state index in [-0.39, 0.29) is 11.6 Å². The van der Waals surface area contributed by atoms with E-state index in [2.05, 4.69) is 39.2 Å². The van der Waals surface area contributed by atoms with Gasteiger partial charge in [0.25, 0.3) is 0 Å². The number of pyridine rings is 2. The van der Waals surface area contributed by atoms with Gasteiger partial charge in [0.1, 0.15) is 0 Å². The number of carbonyl (C=O) groups is 2. The van der Waals surface area contributed by atoms with Gasteiger partial charge in [-0.3, -0.25) is 0 Å². The van der Waals surface area contributed by atoms with Crippen LogP contribution in [0.2, 0.25) is 0 Å². The summed E-state index contributed by atoms with van der Waals surface area (Å²) >= 11 is 0.786. The smallest absolute Gasteiger partial charge is 0.151 e. The maximum atomic E-state index is 12.6. The molecule has 3 aromatic heterocycles. The van der Waals surface area contributed by atoms with Gasteiger partial charge in [-0.2, -0.15) is 11.3 Å². The monoisotopic (exact) mass is 563 g/mol. The quantitative estimate of drug-likeness (QED) is 0.272. The Balaban J connectivity index is 1.19. The molecule has 7 rings (SSSR count). The van der Waals surface area contributed by atoms with Crippen LogP contribution in [0.1, 0.15) is 33.6 Å². The molecule has 7 heteroatoms. The van der Waals surface area contributed by atoms with Gasteiger partial charge < -0.3 is 0 Å². The molecule has 3 aliphatic carbocycles. The fourth-order valence-electron chi connectivity index (χ4n) is 4.84. The molecule has 0 saturated carbocycles. The number of aromatic nitrogens is 2. The summed E-state index contributed by atoms with van der Waals surface area (Å²) in [5.74, 6) is -0.295. The van der Waals surface area contributed by atoms with Crippen molar-refractivity contribution in [3.8, 4) is 0 Å². The molecule has 0 N–H and O–H groups in total. The molecule has 4 heterocycles. The van der Waals surface area contributed by atoms with E-state index >= 15 is 0 Å². The third-order valence-corrected chi connectivity index (χ3v) is 9.96. The number of allylic oxidation sites excluding steroid dienone is 7. The van der Waals surface area contributed by atoms with Gasteiger partial charge in [0.2, 0.25) is 0 Å². The first-order valence-electron chi connectivity index (χ1n) is 10.6. The van der Waals surface area contributed by atoms with Crippen molar-refractivity contribution in [1.29, 1.82) is 0 Å². The Morgan fingerprint density at radius 2 is 1.52 bits per heavy atom. The zero-order valence-corrected chi connectivity index (χ0v) is 20.4. The minimum atomic E-state index is -0.615. The maximum absolute atomic E-state index is 12.6. The van der Waals surface area contributed by atoms with Crippen LogP contribution in [0, 0.1) is 0 Å². The number of rotatable bonds is 2. The van der Waals surface area contributed by atoms with E-state index in [9.17, 15) is 9.59 Å². The molecular weight excluding hydrogens is 546 g/mol. The van der Waals surface area contributed by atoms with Gasteiger partial charge in [-0.25, -0.2) is 0 Å². The third-order valence-electron chi connectivity index (χ3n) is 6.31. The number of hydrogen-bond acceptors (Lipinski definition) is 6. The van der Waals surface area contributed by atoms with Gasteiger partial charge in [0, 0.05) is 10.8 Å². The van der Waals surface area contributed by atoms with Gasteiger partial charge >= 0.3 is 183 Å². The number of Topliss-reactive ketones (excluding diaryl/α,β-unsaturated/α-hetero) is 2. The van der Waals surface area contributed by atoms with Gasteiger partial charge in [0.15, 0.2) is 0 Å². The Hall–Kier alpha value is -3.11. The minimum absolute atomic E-state index is 0.147. The fourth-order valence-corrected chi connectivity index (χ4v) is 8.33. The van der Waals surface area contributed by atoms with E-state index in [1.165, 1.54) is 28.2 Å². The van der Waals surface area contributed by atoms with Crippen LogP contribution in [0.25, 0.3) is 0 Å². The zero-order chi connectivity index (χ0) is 22.1. The molecule has 0 fully saturated rings. The number of anilines is 2. The number of ketones is 2. The fraction of sp³-hybridized carbons (Fsp3) is 0.0769. The molecule has 0 amide bonds. The molecule has 0 radical (unpaired) electrons. The number of hydrogen-bond donors (Lipinski definition) is 0. The summed E-state index contributed by atoms with van der Waals surface area (Å²) < 4.78 is 2.32. The van der Waals surface area contributed by atoms with Gasteiger partial charge in [-0.15, -0.1) is 0 Å². The van der Waals surface area contributed by atoms with Gasteiger partial charge in [-0.1, -0.05) is 0 Å². The average molecular weight is 561 g/mol. The first kappa shape index (κ1) is 19.4. The number of carbonyl (C=O) groups excluding carboxylic acids is 2. The third kappa shape index (κ3) is 2.90. The van der Waals surface area contributed by atoms with Gasteiger partial charge in [0.05, 0.1) is 0 Å². The summed E-state index contributed by atoms with van der Waals surface area (Å²) in [6, 6.07) is 8.29. The Bertz CT molecular complexity index is 1460. The number of fused-ring (bicyclic) bond motifs is 3. The minimum Gasteiger partial charge on any atom is -0.151 e. The van der Waals surface area contributed by atoms with Gasteiger partial charge in [-0.05, 0) is 0 Å². The summed E-state index contributed by atoms with van der Waals surface area (Å²) in [4.78, 5) is 36.9. The van der Waals surface area contributed by atoms with Crippen molar-refractivity contribution in [1.82, 2.24) is 9.97 Å². The molecule has 0 bridgehead atoms. The number of nitrogens with zero attached hydrogens (tertiary/aromatic N) is 3. The van der Waals surface area contributed by atoms with Crippen molar-refractivity contribution in [3.63, 3.8) is 0 Å². The Morgan fingerprint density at radius 1 is 0.879 bits per heavy atom. The summed E-state index contributed by atoms with van der Waals surface area (Å²) in [5.41, 5.74) is 8.45. The van der Waals surface area contributed by atoms with Crippen LogP contribution in [0.5, 0.6) is 0 Å². The SMILES string of the molecule is O=C1C(=CC2=CC3=C(C=C(N4c5cccnc5[Te]c5ncccc54)C3)C2)C(=O)c2cscc21. The van der Waals surface area contributed by atoms with E-state index in [1.807, 2.05) is 24.5 Å². The van der Waals surface area contributed by atoms with Crippen molar-refractivity contribution in [2.24, 2.45) is 0 Å². The molecule has 33 heavy (non-hydrogen) atoms. The van der Waals surface area contributed by atoms with Crippen molar-refractivity contribution in [2.75, 3.05) is 4.90 Å². The summed E-state index contributed by atoms with van der Waals surface area (Å²) in [6.45, 7) is 0. The van der Waals surface area contributed by atoms with E-state index < -0.39 is 20.9 Å². The first-order valence-corrected chi connectivity index (χ1v) is 13.8. The second kappa shape index (κ2) is 7.19. The van der Waals surface area contributed by atoms with E-state index in [4.69, 9.17) is 0 Å². The van der Waals surface area contributed by atoms with Crippen LogP contribution in [0.15, 0.2) is 93.6 Å². The van der Waals surface area contributed by atoms with Crippen LogP contribution in [-0.4, -0.2) is 42.5 Å². The summed E-state index contributed by atoms with van der Waals surface area (Å²) in [7, 11) is 0. The first-order chi connectivity index (χ1) is 16.2. The predicted octanol–water partition coefficient (Wildman–Crippen LogP) is 3.56. The molecule has 158 valence electrons. The number of thiophene rings is 1. The zero-order valence-electron chi connectivity index (χ0n) is 17.2. The second-order valence-corrected chi connectivity index (χ2v) is 11.8. The van der Waals surface area contributed by atoms with Crippen LogP contribution < -0.4 is 12.4 Å². The molecule has 5 nitrogen and oxygen atoms in total. The Labute approximate surface area is 204 Å². The summed E-state index contributed by atoms with van der Waals surface area (Å²) in [6.07, 6.45) is 11.5. The van der Waals surface area contributed by atoms with Crippen molar-refractivity contribution >= 4 is 62.7 Å². The molecule has 0 atom stereocenters. The van der Waals surface area contributed by atoms with Crippen LogP contribution in [-0.2, 0) is 0 Å². The average Bonchev–Trinajstić information content (AvgIpc) is 3.58. The Kier molecular flexibility index (Phi) is 4.22. The van der Waals surface area contributed by atoms with Crippen LogP contribution >= 0.6 is 11.3 Å². The Morgan fingerprint density at radius 3 is 2.15 bits per heavy atom. The molecular formula is C26H15N3O2STe. The topological polar surface area (TPSA) is 63.2 Å². The molecule has 0 unspecified atom stereocenters. The predicted molar refractivity (Wildman–Crippen MR) is 129 cm³/mol. The van der Waals surface area contributed by atoms with Crippen LogP contribution in [0.3, 0.4) is 0 Å².